The molecule has 1 aromatic carbocycles. The molecule has 0 spiro atoms. The quantitative estimate of drug-likeness (QED) is 0.875. The van der Waals surface area contributed by atoms with E-state index in [4.69, 9.17) is 10.5 Å². The topological polar surface area (TPSA) is 48.1 Å². The summed E-state index contributed by atoms with van der Waals surface area (Å²) < 4.78 is 5.96. The second-order valence-corrected chi connectivity index (χ2v) is 5.17. The summed E-state index contributed by atoms with van der Waals surface area (Å²) in [5, 5.41) is 0. The highest BCUT2D eigenvalue weighted by molar-refractivity contribution is 5.38. The van der Waals surface area contributed by atoms with Crippen molar-refractivity contribution in [3.05, 3.63) is 53.7 Å². The Morgan fingerprint density at radius 1 is 1.20 bits per heavy atom. The van der Waals surface area contributed by atoms with Crippen LogP contribution in [0.3, 0.4) is 0 Å². The van der Waals surface area contributed by atoms with Crippen molar-refractivity contribution in [2.24, 2.45) is 5.73 Å². The van der Waals surface area contributed by atoms with Gasteiger partial charge in [0.15, 0.2) is 0 Å². The van der Waals surface area contributed by atoms with E-state index in [2.05, 4.69) is 24.9 Å². The van der Waals surface area contributed by atoms with E-state index in [0.717, 1.165) is 17.7 Å². The second-order valence-electron chi connectivity index (χ2n) is 5.17. The summed E-state index contributed by atoms with van der Waals surface area (Å²) >= 11 is 0. The lowest BCUT2D eigenvalue weighted by molar-refractivity contribution is 0.451. The predicted molar refractivity (Wildman–Crippen MR) is 82.1 cm³/mol. The lowest BCUT2D eigenvalue weighted by atomic mass is 9.98. The van der Waals surface area contributed by atoms with Crippen LogP contribution in [0.4, 0.5) is 0 Å². The van der Waals surface area contributed by atoms with E-state index >= 15 is 0 Å². The number of ether oxygens (including phenoxy) is 1. The molecular weight excluding hydrogens is 248 g/mol. The number of rotatable bonds is 5. The Labute approximate surface area is 120 Å². The molecule has 0 saturated heterocycles. The Hall–Kier alpha value is -1.87. The van der Waals surface area contributed by atoms with E-state index in [9.17, 15) is 0 Å². The third-order valence-corrected chi connectivity index (χ3v) is 3.56. The molecule has 1 unspecified atom stereocenters. The summed E-state index contributed by atoms with van der Waals surface area (Å²) in [6, 6.07) is 11.9. The Morgan fingerprint density at radius 2 is 1.95 bits per heavy atom. The zero-order chi connectivity index (χ0) is 14.5. The molecule has 0 amide bonds. The van der Waals surface area contributed by atoms with Crippen LogP contribution >= 0.6 is 0 Å². The monoisotopic (exact) mass is 270 g/mol. The fourth-order valence-corrected chi connectivity index (χ4v) is 2.08. The smallest absolute Gasteiger partial charge is 0.219 e. The Kier molecular flexibility index (Phi) is 4.74. The van der Waals surface area contributed by atoms with E-state index in [-0.39, 0.29) is 6.04 Å². The zero-order valence-electron chi connectivity index (χ0n) is 12.3. The Bertz CT molecular complexity index is 566. The molecule has 0 aliphatic heterocycles. The van der Waals surface area contributed by atoms with Crippen molar-refractivity contribution in [3.63, 3.8) is 0 Å². The van der Waals surface area contributed by atoms with Crippen molar-refractivity contribution in [1.82, 2.24) is 4.98 Å². The molecule has 1 heterocycles. The first-order valence-corrected chi connectivity index (χ1v) is 7.10. The molecule has 0 aliphatic carbocycles. The van der Waals surface area contributed by atoms with Crippen molar-refractivity contribution >= 4 is 0 Å². The molecule has 2 aromatic rings. The van der Waals surface area contributed by atoms with E-state index in [1.54, 1.807) is 6.20 Å². The second kappa shape index (κ2) is 6.53. The molecule has 20 heavy (non-hydrogen) atoms. The SMILES string of the molecule is CCC(C)c1ccccc1Oc1cc([C@@H](C)N)ccn1. The molecule has 0 saturated carbocycles. The minimum atomic E-state index is -0.0230. The van der Waals surface area contributed by atoms with Crippen LogP contribution in [0.5, 0.6) is 11.6 Å². The maximum atomic E-state index is 5.96. The number of hydrogen-bond donors (Lipinski definition) is 1. The Balaban J connectivity index is 2.28. The molecule has 2 rings (SSSR count). The van der Waals surface area contributed by atoms with Crippen molar-refractivity contribution in [1.29, 1.82) is 0 Å². The highest BCUT2D eigenvalue weighted by atomic mass is 16.5. The van der Waals surface area contributed by atoms with E-state index < -0.39 is 0 Å². The first kappa shape index (κ1) is 14.5. The average Bonchev–Trinajstić information content (AvgIpc) is 2.47. The number of pyridine rings is 1. The first-order valence-electron chi connectivity index (χ1n) is 7.10. The van der Waals surface area contributed by atoms with Gasteiger partial charge in [-0.3, -0.25) is 0 Å². The molecule has 2 atom stereocenters. The van der Waals surface area contributed by atoms with Gasteiger partial charge in [-0.1, -0.05) is 32.0 Å². The standard InChI is InChI=1S/C17H22N2O/c1-4-12(2)15-7-5-6-8-16(15)20-17-11-14(13(3)18)9-10-19-17/h5-13H,4,18H2,1-3H3/t12?,13-/m1/s1. The third kappa shape index (κ3) is 3.36. The molecule has 2 N–H and O–H groups in total. The van der Waals surface area contributed by atoms with Gasteiger partial charge in [-0.15, -0.1) is 0 Å². The van der Waals surface area contributed by atoms with E-state index in [1.165, 1.54) is 5.56 Å². The summed E-state index contributed by atoms with van der Waals surface area (Å²) in [7, 11) is 0. The minimum absolute atomic E-state index is 0.0230. The summed E-state index contributed by atoms with van der Waals surface area (Å²) in [6.45, 7) is 6.33. The van der Waals surface area contributed by atoms with Gasteiger partial charge in [-0.05, 0) is 42.5 Å². The van der Waals surface area contributed by atoms with Crippen LogP contribution in [0.15, 0.2) is 42.6 Å². The predicted octanol–water partition coefficient (Wildman–Crippen LogP) is 4.41. The van der Waals surface area contributed by atoms with Crippen LogP contribution in [0.2, 0.25) is 0 Å². The van der Waals surface area contributed by atoms with Gasteiger partial charge in [0.05, 0.1) is 0 Å². The summed E-state index contributed by atoms with van der Waals surface area (Å²) in [6.07, 6.45) is 2.81. The molecule has 106 valence electrons. The van der Waals surface area contributed by atoms with Gasteiger partial charge in [0.2, 0.25) is 5.88 Å². The van der Waals surface area contributed by atoms with Gasteiger partial charge in [-0.2, -0.15) is 0 Å². The van der Waals surface area contributed by atoms with Crippen LogP contribution in [-0.2, 0) is 0 Å². The maximum absolute atomic E-state index is 5.96. The van der Waals surface area contributed by atoms with Gasteiger partial charge in [-0.25, -0.2) is 4.98 Å². The van der Waals surface area contributed by atoms with Crippen molar-refractivity contribution in [2.75, 3.05) is 0 Å². The van der Waals surface area contributed by atoms with E-state index in [0.29, 0.717) is 11.8 Å². The molecule has 3 nitrogen and oxygen atoms in total. The van der Waals surface area contributed by atoms with Crippen LogP contribution in [0.1, 0.15) is 50.3 Å². The summed E-state index contributed by atoms with van der Waals surface area (Å²) in [5.41, 5.74) is 8.13. The molecule has 0 aliphatic rings. The number of nitrogens with two attached hydrogens (primary N) is 1. The molecule has 1 aromatic heterocycles. The van der Waals surface area contributed by atoms with Crippen LogP contribution in [0.25, 0.3) is 0 Å². The van der Waals surface area contributed by atoms with Crippen LogP contribution in [0, 0.1) is 0 Å². The van der Waals surface area contributed by atoms with Gasteiger partial charge in [0.25, 0.3) is 0 Å². The summed E-state index contributed by atoms with van der Waals surface area (Å²) in [5.74, 6) is 1.93. The van der Waals surface area contributed by atoms with Crippen molar-refractivity contribution in [2.45, 2.75) is 39.2 Å². The van der Waals surface area contributed by atoms with Gasteiger partial charge in [0.1, 0.15) is 5.75 Å². The summed E-state index contributed by atoms with van der Waals surface area (Å²) in [4.78, 5) is 4.27. The first-order chi connectivity index (χ1) is 9.61. The largest absolute Gasteiger partial charge is 0.439 e. The van der Waals surface area contributed by atoms with Crippen LogP contribution < -0.4 is 10.5 Å². The number of aromatic nitrogens is 1. The van der Waals surface area contributed by atoms with Gasteiger partial charge in [0, 0.05) is 18.3 Å². The van der Waals surface area contributed by atoms with Gasteiger partial charge >= 0.3 is 0 Å². The minimum Gasteiger partial charge on any atom is -0.439 e. The third-order valence-electron chi connectivity index (χ3n) is 3.56. The highest BCUT2D eigenvalue weighted by Gasteiger charge is 2.11. The maximum Gasteiger partial charge on any atom is 0.219 e. The lowest BCUT2D eigenvalue weighted by Crippen LogP contribution is -2.05. The number of nitrogens with zero attached hydrogens (tertiary/aromatic N) is 1. The number of para-hydroxylation sites is 1. The zero-order valence-corrected chi connectivity index (χ0v) is 12.3. The molecule has 3 heteroatoms. The average molecular weight is 270 g/mol. The lowest BCUT2D eigenvalue weighted by Gasteiger charge is -2.15. The van der Waals surface area contributed by atoms with Gasteiger partial charge < -0.3 is 10.5 Å². The fourth-order valence-electron chi connectivity index (χ4n) is 2.08. The van der Waals surface area contributed by atoms with Crippen LogP contribution in [-0.4, -0.2) is 4.98 Å². The molecular formula is C17H22N2O. The van der Waals surface area contributed by atoms with Crippen molar-refractivity contribution < 1.29 is 4.74 Å². The fraction of sp³-hybridized carbons (Fsp3) is 0.353. The van der Waals surface area contributed by atoms with Crippen molar-refractivity contribution in [3.8, 4) is 11.6 Å². The highest BCUT2D eigenvalue weighted by Crippen LogP contribution is 2.31. The number of hydrogen-bond acceptors (Lipinski definition) is 3. The number of benzene rings is 1. The molecule has 0 radical (unpaired) electrons. The normalized spacial score (nSPS) is 13.8. The Morgan fingerprint density at radius 3 is 2.65 bits per heavy atom. The van der Waals surface area contributed by atoms with E-state index in [1.807, 2.05) is 37.3 Å². The molecule has 0 bridgehead atoms. The molecule has 0 fully saturated rings.